The lowest BCUT2D eigenvalue weighted by molar-refractivity contribution is -0.131. The Morgan fingerprint density at radius 3 is 2.68 bits per heavy atom. The van der Waals surface area contributed by atoms with Crippen molar-refractivity contribution in [2.75, 3.05) is 7.11 Å². The molecule has 2 aromatic carbocycles. The number of fused-ring (bicyclic) bond motifs is 2. The number of hydrogen-bond donors (Lipinski definition) is 1. The maximum absolute atomic E-state index is 11.8. The van der Waals surface area contributed by atoms with Crippen LogP contribution >= 0.6 is 0 Å². The van der Waals surface area contributed by atoms with Crippen LogP contribution in [-0.2, 0) is 11.2 Å². The average molecular weight is 377 g/mol. The van der Waals surface area contributed by atoms with Gasteiger partial charge in [0.25, 0.3) is 0 Å². The molecule has 28 heavy (non-hydrogen) atoms. The minimum absolute atomic E-state index is 0.406. The number of rotatable bonds is 4. The van der Waals surface area contributed by atoms with E-state index < -0.39 is 11.6 Å². The molecule has 6 nitrogen and oxygen atoms in total. The fraction of sp³-hybridized carbons (Fsp3) is 0.182. The van der Waals surface area contributed by atoms with Crippen LogP contribution in [0.25, 0.3) is 21.9 Å². The van der Waals surface area contributed by atoms with Crippen molar-refractivity contribution in [3.63, 3.8) is 0 Å². The molecule has 0 unspecified atom stereocenters. The molecule has 0 fully saturated rings. The minimum Gasteiger partial charge on any atom is -0.497 e. The minimum atomic E-state index is -0.409. The third-order valence-corrected chi connectivity index (χ3v) is 4.74. The van der Waals surface area contributed by atoms with Crippen LogP contribution < -0.4 is 15.1 Å². The molecule has 142 valence electrons. The Kier molecular flexibility index (Phi) is 4.39. The van der Waals surface area contributed by atoms with Crippen molar-refractivity contribution in [1.82, 2.24) is 4.98 Å². The Balaban J connectivity index is 1.87. The van der Waals surface area contributed by atoms with Crippen LogP contribution in [0.1, 0.15) is 23.6 Å². The van der Waals surface area contributed by atoms with Crippen LogP contribution in [-0.4, -0.2) is 18.1 Å². The highest BCUT2D eigenvalue weighted by Crippen LogP contribution is 2.32. The summed E-state index contributed by atoms with van der Waals surface area (Å²) in [5, 5.41) is 1.75. The molecule has 0 saturated heterocycles. The number of carbonyl (C=O) groups is 1. The number of aromatic amines is 1. The molecule has 1 N–H and O–H groups in total. The van der Waals surface area contributed by atoms with Gasteiger partial charge in [-0.25, -0.2) is 4.79 Å². The third-order valence-electron chi connectivity index (χ3n) is 4.74. The highest BCUT2D eigenvalue weighted by Gasteiger charge is 2.15. The second-order valence-corrected chi connectivity index (χ2v) is 6.70. The van der Waals surface area contributed by atoms with Gasteiger partial charge < -0.3 is 18.9 Å². The fourth-order valence-corrected chi connectivity index (χ4v) is 3.41. The van der Waals surface area contributed by atoms with Crippen LogP contribution in [0.5, 0.6) is 11.5 Å². The van der Waals surface area contributed by atoms with E-state index >= 15 is 0 Å². The predicted octanol–water partition coefficient (Wildman–Crippen LogP) is 4.11. The topological polar surface area (TPSA) is 81.5 Å². The van der Waals surface area contributed by atoms with Gasteiger partial charge in [-0.1, -0.05) is 0 Å². The van der Waals surface area contributed by atoms with Crippen molar-refractivity contribution < 1.29 is 18.7 Å². The number of esters is 1. The van der Waals surface area contributed by atoms with E-state index in [2.05, 4.69) is 4.98 Å². The van der Waals surface area contributed by atoms with E-state index in [9.17, 15) is 9.59 Å². The quantitative estimate of drug-likeness (QED) is 0.329. The van der Waals surface area contributed by atoms with E-state index in [-0.39, 0.29) is 0 Å². The number of carbonyl (C=O) groups excluding carboxylic acids is 1. The number of aryl methyl sites for hydroxylation is 1. The maximum Gasteiger partial charge on any atom is 0.336 e. The smallest absolute Gasteiger partial charge is 0.336 e. The van der Waals surface area contributed by atoms with E-state index in [1.165, 1.54) is 13.0 Å². The number of ether oxygens (including phenoxy) is 2. The predicted molar refractivity (Wildman–Crippen MR) is 106 cm³/mol. The van der Waals surface area contributed by atoms with Crippen LogP contribution in [0, 0.1) is 6.92 Å². The number of aromatic nitrogens is 1. The standard InChI is InChI=1S/C22H19NO5/c1-12-6-22(25)28-21-8-14(20(10-17(12)21)27-13(2)24)7-15-11-23-19-5-4-16(26-3)9-18(15)19/h4-6,8-11,23H,7H2,1-3H3. The van der Waals surface area contributed by atoms with E-state index in [0.717, 1.165) is 38.7 Å². The zero-order valence-corrected chi connectivity index (χ0v) is 15.8. The Morgan fingerprint density at radius 1 is 1.11 bits per heavy atom. The van der Waals surface area contributed by atoms with Gasteiger partial charge in [0, 0.05) is 47.5 Å². The largest absolute Gasteiger partial charge is 0.497 e. The zero-order chi connectivity index (χ0) is 19.8. The molecule has 0 amide bonds. The summed E-state index contributed by atoms with van der Waals surface area (Å²) in [5.74, 6) is 0.805. The number of H-pyrrole nitrogens is 1. The van der Waals surface area contributed by atoms with Crippen molar-refractivity contribution >= 4 is 27.8 Å². The first-order valence-corrected chi connectivity index (χ1v) is 8.84. The Morgan fingerprint density at radius 2 is 1.93 bits per heavy atom. The molecule has 0 aliphatic heterocycles. The van der Waals surface area contributed by atoms with Gasteiger partial charge in [0.1, 0.15) is 17.1 Å². The van der Waals surface area contributed by atoms with Gasteiger partial charge in [-0.2, -0.15) is 0 Å². The first kappa shape index (κ1) is 17.9. The molecule has 0 bridgehead atoms. The summed E-state index contributed by atoms with van der Waals surface area (Å²) in [6.07, 6.45) is 2.40. The zero-order valence-electron chi connectivity index (χ0n) is 15.8. The second-order valence-electron chi connectivity index (χ2n) is 6.70. The summed E-state index contributed by atoms with van der Waals surface area (Å²) in [4.78, 5) is 26.6. The number of methoxy groups -OCH3 is 1. The van der Waals surface area contributed by atoms with Gasteiger partial charge in [0.05, 0.1) is 7.11 Å². The number of benzene rings is 2. The van der Waals surface area contributed by atoms with Crippen LogP contribution in [0.2, 0.25) is 0 Å². The van der Waals surface area contributed by atoms with Crippen molar-refractivity contribution in [3.05, 3.63) is 69.7 Å². The van der Waals surface area contributed by atoms with E-state index in [4.69, 9.17) is 13.9 Å². The normalized spacial score (nSPS) is 11.1. The number of hydrogen-bond acceptors (Lipinski definition) is 5. The summed E-state index contributed by atoms with van der Waals surface area (Å²) in [7, 11) is 1.62. The van der Waals surface area contributed by atoms with Gasteiger partial charge in [-0.3, -0.25) is 4.79 Å². The van der Waals surface area contributed by atoms with Crippen LogP contribution in [0.4, 0.5) is 0 Å². The van der Waals surface area contributed by atoms with Crippen LogP contribution in [0.15, 0.2) is 51.8 Å². The first-order chi connectivity index (χ1) is 13.4. The van der Waals surface area contributed by atoms with Gasteiger partial charge in [0.2, 0.25) is 0 Å². The Labute approximate surface area is 160 Å². The molecule has 2 aromatic heterocycles. The van der Waals surface area contributed by atoms with Gasteiger partial charge >= 0.3 is 11.6 Å². The molecule has 6 heteroatoms. The third kappa shape index (κ3) is 3.24. The molecule has 4 rings (SSSR count). The summed E-state index contributed by atoms with van der Waals surface area (Å²) in [6, 6.07) is 10.7. The van der Waals surface area contributed by atoms with E-state index in [1.54, 1.807) is 19.2 Å². The average Bonchev–Trinajstić information content (AvgIpc) is 3.04. The molecule has 4 aromatic rings. The highest BCUT2D eigenvalue weighted by atomic mass is 16.5. The summed E-state index contributed by atoms with van der Waals surface area (Å²) in [5.41, 5.74) is 3.56. The van der Waals surface area contributed by atoms with Crippen molar-refractivity contribution in [2.45, 2.75) is 20.3 Å². The number of nitrogens with one attached hydrogen (secondary N) is 1. The Hall–Kier alpha value is -3.54. The van der Waals surface area contributed by atoms with Gasteiger partial charge in [0.15, 0.2) is 0 Å². The Bertz CT molecular complexity index is 1270. The van der Waals surface area contributed by atoms with E-state index in [1.807, 2.05) is 31.3 Å². The highest BCUT2D eigenvalue weighted by molar-refractivity contribution is 5.87. The maximum atomic E-state index is 11.8. The van der Waals surface area contributed by atoms with Crippen molar-refractivity contribution in [3.8, 4) is 11.5 Å². The molecule has 0 saturated carbocycles. The molecular weight excluding hydrogens is 358 g/mol. The summed E-state index contributed by atoms with van der Waals surface area (Å²) in [6.45, 7) is 3.19. The molecular formula is C22H19NO5. The summed E-state index contributed by atoms with van der Waals surface area (Å²) >= 11 is 0. The van der Waals surface area contributed by atoms with Crippen molar-refractivity contribution in [2.24, 2.45) is 0 Å². The second kappa shape index (κ2) is 6.88. The summed E-state index contributed by atoms with van der Waals surface area (Å²) < 4.78 is 16.1. The molecule has 0 radical (unpaired) electrons. The monoisotopic (exact) mass is 377 g/mol. The molecule has 0 spiro atoms. The van der Waals surface area contributed by atoms with Gasteiger partial charge in [-0.05, 0) is 48.4 Å². The fourth-order valence-electron chi connectivity index (χ4n) is 3.41. The van der Waals surface area contributed by atoms with Crippen molar-refractivity contribution in [1.29, 1.82) is 0 Å². The molecule has 2 heterocycles. The van der Waals surface area contributed by atoms with Gasteiger partial charge in [-0.15, -0.1) is 0 Å². The van der Waals surface area contributed by atoms with Crippen LogP contribution in [0.3, 0.4) is 0 Å². The molecule has 0 aliphatic rings. The first-order valence-electron chi connectivity index (χ1n) is 8.84. The lowest BCUT2D eigenvalue weighted by Crippen LogP contribution is -2.06. The molecule has 0 aliphatic carbocycles. The van der Waals surface area contributed by atoms with E-state index in [0.29, 0.717) is 17.8 Å². The lowest BCUT2D eigenvalue weighted by Gasteiger charge is -2.11. The SMILES string of the molecule is COc1ccc2[nH]cc(Cc3cc4oc(=O)cc(C)c4cc3OC(C)=O)c2c1. The molecule has 0 atom stereocenters. The lowest BCUT2D eigenvalue weighted by atomic mass is 10.0.